The van der Waals surface area contributed by atoms with E-state index in [1.165, 1.54) is 0 Å². The van der Waals surface area contributed by atoms with E-state index in [1.54, 1.807) is 42.4 Å². The molecule has 1 amide bonds. The smallest absolute Gasteiger partial charge is 0.310 e. The van der Waals surface area contributed by atoms with Crippen LogP contribution in [-0.4, -0.2) is 42.3 Å². The van der Waals surface area contributed by atoms with Crippen LogP contribution in [0, 0.1) is 11.8 Å². The number of carboxylic acid groups (broad SMARTS) is 1. The Hall–Kier alpha value is -2.34. The lowest BCUT2D eigenvalue weighted by molar-refractivity contribution is -0.146. The van der Waals surface area contributed by atoms with Crippen molar-refractivity contribution in [3.63, 3.8) is 0 Å². The Bertz CT molecular complexity index is 682. The largest absolute Gasteiger partial charge is 0.497 e. The molecular weight excluding hydrogens is 286 g/mol. The van der Waals surface area contributed by atoms with Crippen molar-refractivity contribution in [1.82, 2.24) is 0 Å². The van der Waals surface area contributed by atoms with Crippen molar-refractivity contribution in [3.05, 3.63) is 36.4 Å². The zero-order chi connectivity index (χ0) is 15.5. The third kappa shape index (κ3) is 1.58. The highest BCUT2D eigenvalue weighted by Crippen LogP contribution is 2.52. The first-order valence-electron chi connectivity index (χ1n) is 7.11. The van der Waals surface area contributed by atoms with E-state index in [4.69, 9.17) is 9.47 Å². The first-order chi connectivity index (χ1) is 10.6. The van der Waals surface area contributed by atoms with Gasteiger partial charge in [0, 0.05) is 5.69 Å². The summed E-state index contributed by atoms with van der Waals surface area (Å²) in [4.78, 5) is 25.9. The van der Waals surface area contributed by atoms with Crippen LogP contribution < -0.4 is 9.64 Å². The Morgan fingerprint density at radius 2 is 2.14 bits per heavy atom. The number of anilines is 1. The van der Waals surface area contributed by atoms with Gasteiger partial charge in [-0.2, -0.15) is 0 Å². The highest BCUT2D eigenvalue weighted by atomic mass is 16.5. The fourth-order valence-corrected chi connectivity index (χ4v) is 3.76. The SMILES string of the molecule is COc1ccc(N2C[C@@]34C=C[C@H](O3)[C@@H](C(=O)O)[C@@H]4C2=O)cc1. The van der Waals surface area contributed by atoms with Crippen molar-refractivity contribution < 1.29 is 24.2 Å². The van der Waals surface area contributed by atoms with Crippen LogP contribution in [0.5, 0.6) is 5.75 Å². The summed E-state index contributed by atoms with van der Waals surface area (Å²) in [6.07, 6.45) is 3.12. The van der Waals surface area contributed by atoms with E-state index in [2.05, 4.69) is 0 Å². The summed E-state index contributed by atoms with van der Waals surface area (Å²) >= 11 is 0. The van der Waals surface area contributed by atoms with Crippen molar-refractivity contribution in [1.29, 1.82) is 0 Å². The van der Waals surface area contributed by atoms with Crippen LogP contribution in [0.3, 0.4) is 0 Å². The van der Waals surface area contributed by atoms with Gasteiger partial charge in [-0.1, -0.05) is 12.2 Å². The average Bonchev–Trinajstić information content (AvgIpc) is 3.15. The number of carbonyl (C=O) groups excluding carboxylic acids is 1. The molecule has 2 saturated heterocycles. The van der Waals surface area contributed by atoms with Crippen LogP contribution in [0.1, 0.15) is 0 Å². The fourth-order valence-electron chi connectivity index (χ4n) is 3.76. The minimum Gasteiger partial charge on any atom is -0.497 e. The molecule has 3 heterocycles. The number of carboxylic acids is 1. The Kier molecular flexibility index (Phi) is 2.62. The summed E-state index contributed by atoms with van der Waals surface area (Å²) in [6, 6.07) is 7.13. The van der Waals surface area contributed by atoms with Gasteiger partial charge in [-0.25, -0.2) is 0 Å². The van der Waals surface area contributed by atoms with Gasteiger partial charge in [0.25, 0.3) is 0 Å². The molecule has 114 valence electrons. The number of hydrogen-bond donors (Lipinski definition) is 1. The maximum Gasteiger partial charge on any atom is 0.310 e. The molecule has 4 atom stereocenters. The minimum atomic E-state index is -0.980. The summed E-state index contributed by atoms with van der Waals surface area (Å²) in [5.74, 6) is -1.92. The number of rotatable bonds is 3. The molecule has 1 aromatic rings. The number of carbonyl (C=O) groups is 2. The number of methoxy groups -OCH3 is 1. The number of benzene rings is 1. The highest BCUT2D eigenvalue weighted by Gasteiger charge is 2.67. The quantitative estimate of drug-likeness (QED) is 0.845. The van der Waals surface area contributed by atoms with Crippen molar-refractivity contribution >= 4 is 17.6 Å². The zero-order valence-electron chi connectivity index (χ0n) is 11.9. The number of aliphatic carboxylic acids is 1. The van der Waals surface area contributed by atoms with E-state index < -0.39 is 29.5 Å². The molecule has 1 N–H and O–H groups in total. The van der Waals surface area contributed by atoms with Gasteiger partial charge < -0.3 is 19.5 Å². The fraction of sp³-hybridized carbons (Fsp3) is 0.375. The van der Waals surface area contributed by atoms with Gasteiger partial charge in [0.2, 0.25) is 5.91 Å². The molecule has 3 aliphatic rings. The monoisotopic (exact) mass is 301 g/mol. The molecule has 1 aromatic carbocycles. The van der Waals surface area contributed by atoms with E-state index in [0.29, 0.717) is 12.3 Å². The van der Waals surface area contributed by atoms with Crippen LogP contribution in [0.4, 0.5) is 5.69 Å². The third-order valence-corrected chi connectivity index (χ3v) is 4.77. The first-order valence-corrected chi connectivity index (χ1v) is 7.11. The van der Waals surface area contributed by atoms with Gasteiger partial charge in [0.15, 0.2) is 0 Å². The Labute approximate surface area is 126 Å². The van der Waals surface area contributed by atoms with Gasteiger partial charge in [0.1, 0.15) is 17.3 Å². The van der Waals surface area contributed by atoms with E-state index in [-0.39, 0.29) is 5.91 Å². The molecule has 0 radical (unpaired) electrons. The van der Waals surface area contributed by atoms with Gasteiger partial charge >= 0.3 is 5.97 Å². The number of nitrogens with zero attached hydrogens (tertiary/aromatic N) is 1. The molecule has 6 nitrogen and oxygen atoms in total. The normalized spacial score (nSPS) is 35.0. The van der Waals surface area contributed by atoms with Gasteiger partial charge in [0.05, 0.1) is 25.7 Å². The zero-order valence-corrected chi connectivity index (χ0v) is 11.9. The molecule has 0 unspecified atom stereocenters. The molecular formula is C16H15NO5. The van der Waals surface area contributed by atoms with Crippen LogP contribution in [0.15, 0.2) is 36.4 Å². The molecule has 0 saturated carbocycles. The number of ether oxygens (including phenoxy) is 2. The van der Waals surface area contributed by atoms with E-state index in [1.807, 2.05) is 6.08 Å². The van der Waals surface area contributed by atoms with E-state index in [9.17, 15) is 14.7 Å². The second kappa shape index (κ2) is 4.33. The molecule has 4 rings (SSSR count). The predicted molar refractivity (Wildman–Crippen MR) is 76.7 cm³/mol. The molecule has 0 aliphatic carbocycles. The van der Waals surface area contributed by atoms with Gasteiger partial charge in [-0.15, -0.1) is 0 Å². The van der Waals surface area contributed by atoms with Crippen molar-refractivity contribution in [2.75, 3.05) is 18.6 Å². The molecule has 6 heteroatoms. The van der Waals surface area contributed by atoms with Crippen molar-refractivity contribution in [2.45, 2.75) is 11.7 Å². The third-order valence-electron chi connectivity index (χ3n) is 4.77. The summed E-state index contributed by atoms with van der Waals surface area (Å²) in [6.45, 7) is 0.347. The molecule has 2 bridgehead atoms. The number of fused-ring (bicyclic) bond motifs is 1. The molecule has 22 heavy (non-hydrogen) atoms. The molecule has 1 spiro atoms. The number of amides is 1. The maximum absolute atomic E-state index is 12.8. The Morgan fingerprint density at radius 3 is 2.77 bits per heavy atom. The van der Waals surface area contributed by atoms with Crippen LogP contribution in [-0.2, 0) is 14.3 Å². The molecule has 2 fully saturated rings. The lowest BCUT2D eigenvalue weighted by Gasteiger charge is -2.21. The Morgan fingerprint density at radius 1 is 1.41 bits per heavy atom. The van der Waals surface area contributed by atoms with Crippen LogP contribution in [0.25, 0.3) is 0 Å². The maximum atomic E-state index is 12.8. The van der Waals surface area contributed by atoms with E-state index in [0.717, 1.165) is 5.69 Å². The summed E-state index contributed by atoms with van der Waals surface area (Å²) in [5, 5.41) is 9.42. The van der Waals surface area contributed by atoms with Crippen molar-refractivity contribution in [2.24, 2.45) is 11.8 Å². The highest BCUT2D eigenvalue weighted by molar-refractivity contribution is 6.02. The predicted octanol–water partition coefficient (Wildman–Crippen LogP) is 1.07. The topological polar surface area (TPSA) is 76.1 Å². The standard InChI is InChI=1S/C16H15NO5/c1-21-10-4-2-9(3-5-10)17-8-16-7-6-11(22-16)12(15(19)20)13(16)14(17)18/h2-7,11-13H,8H2,1H3,(H,19,20)/t11-,12+,13+,16+/m0/s1. The lowest BCUT2D eigenvalue weighted by Crippen LogP contribution is -2.39. The summed E-state index contributed by atoms with van der Waals surface area (Å²) < 4.78 is 11.0. The summed E-state index contributed by atoms with van der Waals surface area (Å²) in [5.41, 5.74) is -0.0794. The van der Waals surface area contributed by atoms with Crippen LogP contribution >= 0.6 is 0 Å². The molecule has 0 aromatic heterocycles. The summed E-state index contributed by atoms with van der Waals surface area (Å²) in [7, 11) is 1.58. The average molecular weight is 301 g/mol. The van der Waals surface area contributed by atoms with E-state index >= 15 is 0 Å². The Balaban J connectivity index is 1.70. The lowest BCUT2D eigenvalue weighted by atomic mass is 9.77. The van der Waals surface area contributed by atoms with Gasteiger partial charge in [-0.05, 0) is 24.3 Å². The first kappa shape index (κ1) is 13.3. The second-order valence-corrected chi connectivity index (χ2v) is 5.86. The van der Waals surface area contributed by atoms with Crippen molar-refractivity contribution in [3.8, 4) is 5.75 Å². The second-order valence-electron chi connectivity index (χ2n) is 5.86. The minimum absolute atomic E-state index is 0.190. The van der Waals surface area contributed by atoms with Gasteiger partial charge in [-0.3, -0.25) is 9.59 Å². The van der Waals surface area contributed by atoms with Crippen LogP contribution in [0.2, 0.25) is 0 Å². The molecule has 3 aliphatic heterocycles. The number of hydrogen-bond acceptors (Lipinski definition) is 4.